The van der Waals surface area contributed by atoms with E-state index >= 15 is 0 Å². The number of fused-ring (bicyclic) bond motifs is 2. The molecule has 4 N–H and O–H groups in total. The molecule has 2 unspecified atom stereocenters. The molecule has 2 aliphatic rings. The first kappa shape index (κ1) is 6.58. The van der Waals surface area contributed by atoms with Crippen molar-refractivity contribution in [3.8, 4) is 0 Å². The zero-order valence-corrected chi connectivity index (χ0v) is 5.77. The number of hydrogen-bond donors (Lipinski definition) is 3. The molecule has 2 saturated carbocycles. The number of nitrogens with two attached hydrogens (primary N) is 1. The van der Waals surface area contributed by atoms with Crippen LogP contribution in [0.5, 0.6) is 0 Å². The lowest BCUT2D eigenvalue weighted by Gasteiger charge is -2.21. The third-order valence-electron chi connectivity index (χ3n) is 3.04. The quantitative estimate of drug-likeness (QED) is 0.410. The van der Waals surface area contributed by atoms with E-state index in [0.29, 0.717) is 0 Å². The molecule has 58 valence electrons. The SMILES string of the molecule is NC1[C@H](O)C2CC[C@H]1[C@H]2O. The first-order valence-corrected chi connectivity index (χ1v) is 3.83. The van der Waals surface area contributed by atoms with Gasteiger partial charge in [0.1, 0.15) is 0 Å². The fourth-order valence-corrected chi connectivity index (χ4v) is 2.38. The molecule has 0 radical (unpaired) electrons. The molecule has 0 saturated heterocycles. The van der Waals surface area contributed by atoms with Crippen LogP contribution in [0.4, 0.5) is 0 Å². The summed E-state index contributed by atoms with van der Waals surface area (Å²) in [5.74, 6) is 0.236. The largest absolute Gasteiger partial charge is 0.392 e. The van der Waals surface area contributed by atoms with Crippen LogP contribution in [0.25, 0.3) is 0 Å². The van der Waals surface area contributed by atoms with E-state index in [0.717, 1.165) is 12.8 Å². The van der Waals surface area contributed by atoms with Gasteiger partial charge in [0.05, 0.1) is 12.2 Å². The Balaban J connectivity index is 2.21. The topological polar surface area (TPSA) is 66.5 Å². The molecule has 0 heterocycles. The predicted octanol–water partition coefficient (Wildman–Crippen LogP) is -0.925. The van der Waals surface area contributed by atoms with Crippen LogP contribution < -0.4 is 5.73 Å². The van der Waals surface area contributed by atoms with Crippen molar-refractivity contribution in [2.24, 2.45) is 17.6 Å². The second-order valence-electron chi connectivity index (χ2n) is 3.46. The molecule has 2 fully saturated rings. The van der Waals surface area contributed by atoms with Crippen LogP contribution >= 0.6 is 0 Å². The smallest absolute Gasteiger partial charge is 0.0747 e. The normalized spacial score (nSPS) is 59.7. The van der Waals surface area contributed by atoms with Crippen LogP contribution in [0.3, 0.4) is 0 Å². The van der Waals surface area contributed by atoms with Gasteiger partial charge in [0.2, 0.25) is 0 Å². The van der Waals surface area contributed by atoms with E-state index in [-0.39, 0.29) is 24.0 Å². The maximum absolute atomic E-state index is 9.43. The van der Waals surface area contributed by atoms with Gasteiger partial charge in [-0.2, -0.15) is 0 Å². The number of hydrogen-bond acceptors (Lipinski definition) is 3. The van der Waals surface area contributed by atoms with Crippen molar-refractivity contribution < 1.29 is 10.2 Å². The molecule has 0 aromatic heterocycles. The minimum atomic E-state index is -0.450. The molecule has 0 aliphatic heterocycles. The third-order valence-corrected chi connectivity index (χ3v) is 3.04. The van der Waals surface area contributed by atoms with Gasteiger partial charge >= 0.3 is 0 Å². The predicted molar refractivity (Wildman–Crippen MR) is 36.2 cm³/mol. The molecule has 2 rings (SSSR count). The Morgan fingerprint density at radius 3 is 1.90 bits per heavy atom. The van der Waals surface area contributed by atoms with Crippen molar-refractivity contribution in [1.29, 1.82) is 0 Å². The molecule has 3 nitrogen and oxygen atoms in total. The fraction of sp³-hybridized carbons (Fsp3) is 1.00. The fourth-order valence-electron chi connectivity index (χ4n) is 2.38. The number of aliphatic hydroxyl groups excluding tert-OH is 2. The Morgan fingerprint density at radius 2 is 1.60 bits per heavy atom. The molecule has 10 heavy (non-hydrogen) atoms. The number of aliphatic hydroxyl groups is 2. The lowest BCUT2D eigenvalue weighted by Crippen LogP contribution is -2.39. The lowest BCUT2D eigenvalue weighted by atomic mass is 9.94. The second kappa shape index (κ2) is 1.94. The zero-order chi connectivity index (χ0) is 7.30. The summed E-state index contributed by atoms with van der Waals surface area (Å²) in [5.41, 5.74) is 5.64. The summed E-state index contributed by atoms with van der Waals surface area (Å²) in [6.07, 6.45) is 1.16. The van der Waals surface area contributed by atoms with Crippen molar-refractivity contribution in [2.75, 3.05) is 0 Å². The van der Waals surface area contributed by atoms with Crippen molar-refractivity contribution in [1.82, 2.24) is 0 Å². The minimum Gasteiger partial charge on any atom is -0.392 e. The minimum absolute atomic E-state index is 0.0694. The van der Waals surface area contributed by atoms with Crippen LogP contribution in [-0.2, 0) is 0 Å². The Morgan fingerprint density at radius 1 is 1.00 bits per heavy atom. The van der Waals surface area contributed by atoms with Crippen molar-refractivity contribution in [2.45, 2.75) is 31.1 Å². The molecular weight excluding hydrogens is 130 g/mol. The monoisotopic (exact) mass is 143 g/mol. The molecule has 2 bridgehead atoms. The van der Waals surface area contributed by atoms with Gasteiger partial charge in [-0.25, -0.2) is 0 Å². The summed E-state index contributed by atoms with van der Waals surface area (Å²) < 4.78 is 0. The summed E-state index contributed by atoms with van der Waals surface area (Å²) in [4.78, 5) is 0. The van der Waals surface area contributed by atoms with Crippen molar-refractivity contribution in [3.05, 3.63) is 0 Å². The van der Waals surface area contributed by atoms with Gasteiger partial charge in [0.25, 0.3) is 0 Å². The summed E-state index contributed by atoms with van der Waals surface area (Å²) >= 11 is 0. The highest BCUT2D eigenvalue weighted by Crippen LogP contribution is 2.43. The summed E-state index contributed by atoms with van der Waals surface area (Å²) in [6, 6.07) is -0.172. The first-order valence-electron chi connectivity index (χ1n) is 3.83. The summed E-state index contributed by atoms with van der Waals surface area (Å²) in [6.45, 7) is 0. The Labute approximate surface area is 59.8 Å². The van der Waals surface area contributed by atoms with Crippen LogP contribution in [0.1, 0.15) is 12.8 Å². The molecule has 3 heteroatoms. The van der Waals surface area contributed by atoms with Crippen LogP contribution in [0.2, 0.25) is 0 Å². The molecule has 2 aliphatic carbocycles. The molecule has 5 atom stereocenters. The first-order chi connectivity index (χ1) is 4.72. The molecule has 0 amide bonds. The van der Waals surface area contributed by atoms with Crippen molar-refractivity contribution >= 4 is 0 Å². The Bertz CT molecular complexity index is 127. The van der Waals surface area contributed by atoms with E-state index < -0.39 is 6.10 Å². The average Bonchev–Trinajstić information content (AvgIpc) is 2.34. The molecule has 0 spiro atoms. The molecule has 0 aromatic rings. The van der Waals surface area contributed by atoms with Gasteiger partial charge in [-0.05, 0) is 12.8 Å². The highest BCUT2D eigenvalue weighted by molar-refractivity contribution is 5.04. The van der Waals surface area contributed by atoms with E-state index in [1.165, 1.54) is 0 Å². The second-order valence-corrected chi connectivity index (χ2v) is 3.46. The zero-order valence-electron chi connectivity index (χ0n) is 5.77. The summed E-state index contributed by atoms with van der Waals surface area (Å²) in [5, 5.41) is 18.8. The van der Waals surface area contributed by atoms with Crippen LogP contribution in [0.15, 0.2) is 0 Å². The van der Waals surface area contributed by atoms with Gasteiger partial charge in [0, 0.05) is 17.9 Å². The summed E-state index contributed by atoms with van der Waals surface area (Å²) in [7, 11) is 0. The van der Waals surface area contributed by atoms with E-state index in [9.17, 15) is 10.2 Å². The average molecular weight is 143 g/mol. The number of rotatable bonds is 0. The highest BCUT2D eigenvalue weighted by Gasteiger charge is 2.51. The molecular formula is C7H13NO2. The van der Waals surface area contributed by atoms with Gasteiger partial charge in [-0.15, -0.1) is 0 Å². The maximum atomic E-state index is 9.43. The Kier molecular flexibility index (Phi) is 1.27. The standard InChI is InChI=1S/C7H13NO2/c8-5-3-1-2-4(6(3)9)7(5)10/h3-7,9-10H,1-2,8H2/t3-,4?,5?,6-,7-/m1/s1. The van der Waals surface area contributed by atoms with Gasteiger partial charge in [0.15, 0.2) is 0 Å². The van der Waals surface area contributed by atoms with Crippen molar-refractivity contribution in [3.63, 3.8) is 0 Å². The molecule has 0 aromatic carbocycles. The van der Waals surface area contributed by atoms with E-state index in [2.05, 4.69) is 0 Å². The maximum Gasteiger partial charge on any atom is 0.0747 e. The van der Waals surface area contributed by atoms with Gasteiger partial charge < -0.3 is 15.9 Å². The Hall–Kier alpha value is -0.120. The van der Waals surface area contributed by atoms with E-state index in [1.54, 1.807) is 0 Å². The van der Waals surface area contributed by atoms with Gasteiger partial charge in [-0.3, -0.25) is 0 Å². The van der Waals surface area contributed by atoms with E-state index in [4.69, 9.17) is 5.73 Å². The lowest BCUT2D eigenvalue weighted by molar-refractivity contribution is 0.0683. The van der Waals surface area contributed by atoms with Crippen LogP contribution in [-0.4, -0.2) is 28.5 Å². The highest BCUT2D eigenvalue weighted by atomic mass is 16.3. The third kappa shape index (κ3) is 0.603. The van der Waals surface area contributed by atoms with Crippen LogP contribution in [0, 0.1) is 11.8 Å². The van der Waals surface area contributed by atoms with E-state index in [1.807, 2.05) is 0 Å². The van der Waals surface area contributed by atoms with Gasteiger partial charge in [-0.1, -0.05) is 0 Å².